The molecule has 78 valence electrons. The molecule has 1 aliphatic rings. The van der Waals surface area contributed by atoms with E-state index >= 15 is 0 Å². The SMILES string of the molecule is OC1CNC(CNCc2cncs2)C1. The highest BCUT2D eigenvalue weighted by molar-refractivity contribution is 7.09. The lowest BCUT2D eigenvalue weighted by atomic mass is 10.2. The van der Waals surface area contributed by atoms with Crippen molar-refractivity contribution in [3.05, 3.63) is 16.6 Å². The molecule has 0 spiro atoms. The molecule has 2 unspecified atom stereocenters. The molecule has 14 heavy (non-hydrogen) atoms. The minimum atomic E-state index is -0.162. The lowest BCUT2D eigenvalue weighted by Gasteiger charge is -2.10. The lowest BCUT2D eigenvalue weighted by Crippen LogP contribution is -2.33. The first-order valence-corrected chi connectivity index (χ1v) is 5.72. The Balaban J connectivity index is 1.64. The van der Waals surface area contributed by atoms with Gasteiger partial charge in [0.15, 0.2) is 0 Å². The average molecular weight is 213 g/mol. The molecule has 0 bridgehead atoms. The number of rotatable bonds is 4. The quantitative estimate of drug-likeness (QED) is 0.656. The standard InChI is InChI=1S/C9H15N3OS/c13-8-1-7(12-3-8)2-10-4-9-5-11-6-14-9/h5-8,10,12-13H,1-4H2. The van der Waals surface area contributed by atoms with Crippen LogP contribution in [-0.4, -0.2) is 35.3 Å². The second-order valence-corrected chi connectivity index (χ2v) is 4.56. The Morgan fingerprint density at radius 2 is 2.64 bits per heavy atom. The summed E-state index contributed by atoms with van der Waals surface area (Å²) in [5.74, 6) is 0. The van der Waals surface area contributed by atoms with Crippen LogP contribution in [0.2, 0.25) is 0 Å². The highest BCUT2D eigenvalue weighted by Gasteiger charge is 2.20. The summed E-state index contributed by atoms with van der Waals surface area (Å²) < 4.78 is 0. The average Bonchev–Trinajstić information content (AvgIpc) is 2.77. The third-order valence-electron chi connectivity index (χ3n) is 2.37. The van der Waals surface area contributed by atoms with Gasteiger partial charge in [-0.1, -0.05) is 0 Å². The number of aliphatic hydroxyl groups excluding tert-OH is 1. The summed E-state index contributed by atoms with van der Waals surface area (Å²) >= 11 is 1.66. The topological polar surface area (TPSA) is 57.2 Å². The Hall–Kier alpha value is -0.490. The van der Waals surface area contributed by atoms with E-state index in [0.29, 0.717) is 6.04 Å². The predicted molar refractivity (Wildman–Crippen MR) is 56.2 cm³/mol. The molecule has 1 aliphatic heterocycles. The second-order valence-electron chi connectivity index (χ2n) is 3.59. The number of aromatic nitrogens is 1. The van der Waals surface area contributed by atoms with Gasteiger partial charge in [-0.25, -0.2) is 0 Å². The van der Waals surface area contributed by atoms with Gasteiger partial charge in [-0.2, -0.15) is 0 Å². The van der Waals surface area contributed by atoms with Gasteiger partial charge >= 0.3 is 0 Å². The summed E-state index contributed by atoms with van der Waals surface area (Å²) in [4.78, 5) is 5.26. The molecule has 1 saturated heterocycles. The van der Waals surface area contributed by atoms with E-state index in [-0.39, 0.29) is 6.10 Å². The van der Waals surface area contributed by atoms with Crippen molar-refractivity contribution in [2.45, 2.75) is 25.1 Å². The van der Waals surface area contributed by atoms with E-state index in [1.165, 1.54) is 4.88 Å². The van der Waals surface area contributed by atoms with Crippen LogP contribution >= 0.6 is 11.3 Å². The molecule has 0 amide bonds. The first kappa shape index (κ1) is 10.0. The van der Waals surface area contributed by atoms with Gasteiger partial charge < -0.3 is 15.7 Å². The van der Waals surface area contributed by atoms with Crippen LogP contribution in [0, 0.1) is 0 Å². The fraction of sp³-hybridized carbons (Fsp3) is 0.667. The molecule has 1 fully saturated rings. The number of hydrogen-bond acceptors (Lipinski definition) is 5. The largest absolute Gasteiger partial charge is 0.392 e. The Kier molecular flexibility index (Phi) is 3.47. The molecule has 3 N–H and O–H groups in total. The number of nitrogens with zero attached hydrogens (tertiary/aromatic N) is 1. The molecule has 0 aromatic carbocycles. The van der Waals surface area contributed by atoms with E-state index in [9.17, 15) is 5.11 Å². The Morgan fingerprint density at radius 3 is 3.29 bits per heavy atom. The van der Waals surface area contributed by atoms with Crippen LogP contribution in [0.1, 0.15) is 11.3 Å². The van der Waals surface area contributed by atoms with Gasteiger partial charge in [-0.3, -0.25) is 4.98 Å². The molecular weight excluding hydrogens is 198 g/mol. The third-order valence-corrected chi connectivity index (χ3v) is 3.15. The maximum Gasteiger partial charge on any atom is 0.0794 e. The van der Waals surface area contributed by atoms with Crippen molar-refractivity contribution < 1.29 is 5.11 Å². The maximum absolute atomic E-state index is 9.28. The van der Waals surface area contributed by atoms with Crippen LogP contribution in [0.3, 0.4) is 0 Å². The molecule has 2 heterocycles. The minimum absolute atomic E-state index is 0.162. The Morgan fingerprint density at radius 1 is 1.71 bits per heavy atom. The van der Waals surface area contributed by atoms with Crippen molar-refractivity contribution in [1.29, 1.82) is 0 Å². The maximum atomic E-state index is 9.28. The van der Waals surface area contributed by atoms with Gasteiger partial charge in [0.1, 0.15) is 0 Å². The van der Waals surface area contributed by atoms with Crippen molar-refractivity contribution in [1.82, 2.24) is 15.6 Å². The Bertz CT molecular complexity index is 265. The van der Waals surface area contributed by atoms with Gasteiger partial charge in [0.05, 0.1) is 11.6 Å². The van der Waals surface area contributed by atoms with Gasteiger partial charge in [0.25, 0.3) is 0 Å². The zero-order valence-electron chi connectivity index (χ0n) is 7.94. The zero-order chi connectivity index (χ0) is 9.80. The van der Waals surface area contributed by atoms with E-state index in [0.717, 1.165) is 26.1 Å². The first-order chi connectivity index (χ1) is 6.84. The molecular formula is C9H15N3OS. The van der Waals surface area contributed by atoms with E-state index < -0.39 is 0 Å². The summed E-state index contributed by atoms with van der Waals surface area (Å²) in [7, 11) is 0. The van der Waals surface area contributed by atoms with Gasteiger partial charge in [0.2, 0.25) is 0 Å². The fourth-order valence-corrected chi connectivity index (χ4v) is 2.22. The van der Waals surface area contributed by atoms with Crippen LogP contribution in [-0.2, 0) is 6.54 Å². The molecule has 0 aliphatic carbocycles. The molecule has 5 heteroatoms. The second kappa shape index (κ2) is 4.84. The first-order valence-electron chi connectivity index (χ1n) is 4.84. The highest BCUT2D eigenvalue weighted by atomic mass is 32.1. The summed E-state index contributed by atoms with van der Waals surface area (Å²) in [6, 6.07) is 0.415. The van der Waals surface area contributed by atoms with Crippen LogP contribution < -0.4 is 10.6 Å². The monoisotopic (exact) mass is 213 g/mol. The van der Waals surface area contributed by atoms with Gasteiger partial charge in [0, 0.05) is 36.8 Å². The van der Waals surface area contributed by atoms with Crippen molar-refractivity contribution >= 4 is 11.3 Å². The van der Waals surface area contributed by atoms with Crippen LogP contribution in [0.5, 0.6) is 0 Å². The van der Waals surface area contributed by atoms with Gasteiger partial charge in [-0.15, -0.1) is 11.3 Å². The van der Waals surface area contributed by atoms with E-state index in [1.54, 1.807) is 11.3 Å². The number of nitrogens with one attached hydrogen (secondary N) is 2. The number of aliphatic hydroxyl groups is 1. The summed E-state index contributed by atoms with van der Waals surface area (Å²) in [5, 5.41) is 15.9. The predicted octanol–water partition coefficient (Wildman–Crippen LogP) is -0.0445. The van der Waals surface area contributed by atoms with Crippen molar-refractivity contribution in [2.24, 2.45) is 0 Å². The zero-order valence-corrected chi connectivity index (χ0v) is 8.76. The van der Waals surface area contributed by atoms with Crippen LogP contribution in [0.15, 0.2) is 11.7 Å². The Labute approximate surface area is 87.4 Å². The smallest absolute Gasteiger partial charge is 0.0794 e. The van der Waals surface area contributed by atoms with E-state index in [2.05, 4.69) is 15.6 Å². The number of thiazole rings is 1. The van der Waals surface area contributed by atoms with Crippen LogP contribution in [0.4, 0.5) is 0 Å². The molecule has 2 atom stereocenters. The summed E-state index contributed by atoms with van der Waals surface area (Å²) in [6.07, 6.45) is 2.58. The summed E-state index contributed by atoms with van der Waals surface area (Å²) in [5.41, 5.74) is 1.84. The molecule has 1 aromatic rings. The third kappa shape index (κ3) is 2.75. The van der Waals surface area contributed by atoms with Crippen LogP contribution in [0.25, 0.3) is 0 Å². The van der Waals surface area contributed by atoms with Crippen molar-refractivity contribution in [3.63, 3.8) is 0 Å². The van der Waals surface area contributed by atoms with E-state index in [4.69, 9.17) is 0 Å². The van der Waals surface area contributed by atoms with Crippen molar-refractivity contribution in [2.75, 3.05) is 13.1 Å². The van der Waals surface area contributed by atoms with E-state index in [1.807, 2.05) is 11.7 Å². The highest BCUT2D eigenvalue weighted by Crippen LogP contribution is 2.07. The molecule has 0 saturated carbocycles. The fourth-order valence-electron chi connectivity index (χ4n) is 1.65. The molecule has 0 radical (unpaired) electrons. The molecule has 4 nitrogen and oxygen atoms in total. The number of β-amino-alcohol motifs (C(OH)–C–C–N with tert-alkyl or cyclic N) is 1. The van der Waals surface area contributed by atoms with Crippen molar-refractivity contribution in [3.8, 4) is 0 Å². The number of hydrogen-bond donors (Lipinski definition) is 3. The normalized spacial score (nSPS) is 26.9. The molecule has 2 rings (SSSR count). The minimum Gasteiger partial charge on any atom is -0.392 e. The lowest BCUT2D eigenvalue weighted by molar-refractivity contribution is 0.193. The molecule has 1 aromatic heterocycles. The summed E-state index contributed by atoms with van der Waals surface area (Å²) in [6.45, 7) is 2.51. The van der Waals surface area contributed by atoms with Gasteiger partial charge in [-0.05, 0) is 6.42 Å².